The zero-order valence-corrected chi connectivity index (χ0v) is 20.9. The van der Waals surface area contributed by atoms with E-state index in [-0.39, 0.29) is 5.78 Å². The molecule has 0 N–H and O–H groups in total. The maximum atomic E-state index is 13.0. The van der Waals surface area contributed by atoms with Crippen molar-refractivity contribution in [3.05, 3.63) is 83.7 Å². The predicted molar refractivity (Wildman–Crippen MR) is 137 cm³/mol. The van der Waals surface area contributed by atoms with Gasteiger partial charge in [0.25, 0.3) is 0 Å². The Bertz CT molecular complexity index is 1250. The molecule has 0 saturated carbocycles. The first-order chi connectivity index (χ1) is 17.5. The van der Waals surface area contributed by atoms with Gasteiger partial charge in [-0.1, -0.05) is 31.2 Å². The lowest BCUT2D eigenvalue weighted by atomic mass is 10.1. The predicted octanol–water partition coefficient (Wildman–Crippen LogP) is 5.56. The minimum absolute atomic E-state index is 0.101. The molecule has 0 aliphatic heterocycles. The number of oxazole rings is 1. The van der Waals surface area contributed by atoms with E-state index in [1.165, 1.54) is 0 Å². The first-order valence-corrected chi connectivity index (χ1v) is 11.6. The molecule has 4 rings (SSSR count). The molecule has 0 aliphatic carbocycles. The topological polar surface area (TPSA) is 86.9 Å². The van der Waals surface area contributed by atoms with Gasteiger partial charge < -0.3 is 23.5 Å². The van der Waals surface area contributed by atoms with Gasteiger partial charge in [0.15, 0.2) is 11.5 Å². The summed E-state index contributed by atoms with van der Waals surface area (Å²) in [7, 11) is 4.82. The van der Waals surface area contributed by atoms with Crippen LogP contribution in [0.15, 0.2) is 71.3 Å². The number of carbonyl (C=O) groups excluding carboxylic acids is 1. The molecule has 0 aliphatic rings. The molecule has 0 radical (unpaired) electrons. The van der Waals surface area contributed by atoms with Gasteiger partial charge in [-0.05, 0) is 41.5 Å². The van der Waals surface area contributed by atoms with Crippen LogP contribution >= 0.6 is 0 Å². The van der Waals surface area contributed by atoms with E-state index in [9.17, 15) is 4.79 Å². The molecule has 8 nitrogen and oxygen atoms in total. The fourth-order valence-corrected chi connectivity index (χ4v) is 3.76. The Hall–Kier alpha value is -4.33. The van der Waals surface area contributed by atoms with Crippen LogP contribution in [-0.2, 0) is 13.1 Å². The number of anilines is 1. The van der Waals surface area contributed by atoms with Gasteiger partial charge in [0.05, 0.1) is 21.3 Å². The van der Waals surface area contributed by atoms with Gasteiger partial charge in [0, 0.05) is 37.3 Å². The summed E-state index contributed by atoms with van der Waals surface area (Å²) in [6.07, 6.45) is 1.92. The fraction of sp³-hybridized carbons (Fsp3) is 0.250. The lowest BCUT2D eigenvalue weighted by Crippen LogP contribution is -2.23. The Morgan fingerprint density at radius 3 is 1.94 bits per heavy atom. The number of ketones is 1. The molecule has 8 heteroatoms. The van der Waals surface area contributed by atoms with Crippen LogP contribution in [0.3, 0.4) is 0 Å². The Kier molecular flexibility index (Phi) is 7.85. The number of carbonyl (C=O) groups is 1. The lowest BCUT2D eigenvalue weighted by molar-refractivity contribution is 0.0984. The molecular weight excluding hydrogens is 458 g/mol. The summed E-state index contributed by atoms with van der Waals surface area (Å²) in [6, 6.07) is 19.1. The van der Waals surface area contributed by atoms with E-state index in [0.717, 1.165) is 22.6 Å². The largest absolute Gasteiger partial charge is 0.497 e. The normalized spacial score (nSPS) is 10.7. The zero-order valence-electron chi connectivity index (χ0n) is 20.9. The summed E-state index contributed by atoms with van der Waals surface area (Å²) in [5.41, 5.74) is 3.03. The van der Waals surface area contributed by atoms with Gasteiger partial charge in [-0.25, -0.2) is 9.97 Å². The number of rotatable bonds is 11. The second kappa shape index (κ2) is 11.4. The molecule has 0 unspecified atom stereocenters. The summed E-state index contributed by atoms with van der Waals surface area (Å²) < 4.78 is 22.1. The third kappa shape index (κ3) is 5.66. The molecule has 0 fully saturated rings. The second-order valence-electron chi connectivity index (χ2n) is 8.09. The molecule has 4 aromatic rings. The Morgan fingerprint density at radius 2 is 1.44 bits per heavy atom. The number of methoxy groups -OCH3 is 3. The van der Waals surface area contributed by atoms with E-state index in [0.29, 0.717) is 48.4 Å². The number of benzene rings is 2. The van der Waals surface area contributed by atoms with Crippen molar-refractivity contribution >= 4 is 11.7 Å². The van der Waals surface area contributed by atoms with Crippen molar-refractivity contribution in [3.8, 4) is 28.8 Å². The van der Waals surface area contributed by atoms with Gasteiger partial charge in [-0.15, -0.1) is 0 Å². The molecule has 2 heterocycles. The number of pyridine rings is 1. The quantitative estimate of drug-likeness (QED) is 0.254. The van der Waals surface area contributed by atoms with Crippen molar-refractivity contribution in [2.45, 2.75) is 26.4 Å². The van der Waals surface area contributed by atoms with Crippen molar-refractivity contribution < 1.29 is 23.4 Å². The van der Waals surface area contributed by atoms with Crippen molar-refractivity contribution in [2.75, 3.05) is 26.2 Å². The number of aromatic nitrogens is 2. The molecule has 2 aromatic heterocycles. The summed E-state index contributed by atoms with van der Waals surface area (Å²) in [6.45, 7) is 2.80. The Morgan fingerprint density at radius 1 is 0.861 bits per heavy atom. The lowest BCUT2D eigenvalue weighted by Gasteiger charge is -2.23. The first kappa shape index (κ1) is 24.8. The summed E-state index contributed by atoms with van der Waals surface area (Å²) in [5, 5.41) is 0. The number of nitrogens with zero attached hydrogens (tertiary/aromatic N) is 3. The van der Waals surface area contributed by atoms with Crippen LogP contribution in [0, 0.1) is 0 Å². The molecular formula is C28H29N3O5. The second-order valence-corrected chi connectivity index (χ2v) is 8.09. The molecule has 36 heavy (non-hydrogen) atoms. The van der Waals surface area contributed by atoms with Gasteiger partial charge in [-0.3, -0.25) is 4.79 Å². The molecule has 0 saturated heterocycles. The minimum Gasteiger partial charge on any atom is -0.497 e. The first-order valence-electron chi connectivity index (χ1n) is 11.6. The van der Waals surface area contributed by atoms with Crippen LogP contribution in [0.5, 0.6) is 17.4 Å². The van der Waals surface area contributed by atoms with Crippen molar-refractivity contribution in [2.24, 2.45) is 0 Å². The van der Waals surface area contributed by atoms with Crippen molar-refractivity contribution in [1.82, 2.24) is 9.97 Å². The SMILES string of the molecule is CCC(=O)c1nc(-c2ccnc(OC)c2)oc1N(Cc1ccc(OC)cc1)Cc1ccc(OC)cc1. The molecule has 0 bridgehead atoms. The van der Waals surface area contributed by atoms with E-state index in [1.54, 1.807) is 39.7 Å². The minimum atomic E-state index is -0.101. The van der Waals surface area contributed by atoms with Crippen molar-refractivity contribution in [3.63, 3.8) is 0 Å². The molecule has 0 amide bonds. The summed E-state index contributed by atoms with van der Waals surface area (Å²) in [4.78, 5) is 23.7. The van der Waals surface area contributed by atoms with E-state index in [4.69, 9.17) is 18.6 Å². The van der Waals surface area contributed by atoms with Crippen LogP contribution in [0.25, 0.3) is 11.5 Å². The standard InChI is InChI=1S/C28H29N3O5/c1-5-24(32)26-28(36-27(30-26)21-14-15-29-25(16-21)35-4)31(17-19-6-10-22(33-2)11-7-19)18-20-8-12-23(34-3)13-9-20/h6-16H,5,17-18H2,1-4H3. The van der Waals surface area contributed by atoms with Crippen LogP contribution in [-0.4, -0.2) is 37.1 Å². The third-order valence-corrected chi connectivity index (χ3v) is 5.74. The highest BCUT2D eigenvalue weighted by molar-refractivity contribution is 5.98. The monoisotopic (exact) mass is 487 g/mol. The average Bonchev–Trinajstić information content (AvgIpc) is 3.39. The number of Topliss-reactive ketones (excluding diaryl/α,β-unsaturated/α-hetero) is 1. The molecule has 0 spiro atoms. The third-order valence-electron chi connectivity index (χ3n) is 5.74. The summed E-state index contributed by atoms with van der Waals surface area (Å²) >= 11 is 0. The summed E-state index contributed by atoms with van der Waals surface area (Å²) in [5.74, 6) is 2.63. The zero-order chi connectivity index (χ0) is 25.5. The van der Waals surface area contributed by atoms with Crippen LogP contribution in [0.1, 0.15) is 35.0 Å². The Balaban J connectivity index is 1.77. The highest BCUT2D eigenvalue weighted by Crippen LogP contribution is 2.32. The Labute approximate surface area is 210 Å². The highest BCUT2D eigenvalue weighted by Gasteiger charge is 2.25. The smallest absolute Gasteiger partial charge is 0.229 e. The average molecular weight is 488 g/mol. The highest BCUT2D eigenvalue weighted by atomic mass is 16.5. The number of ether oxygens (including phenoxy) is 3. The molecule has 2 aromatic carbocycles. The fourth-order valence-electron chi connectivity index (χ4n) is 3.76. The maximum absolute atomic E-state index is 13.0. The van der Waals surface area contributed by atoms with Gasteiger partial charge in [-0.2, -0.15) is 0 Å². The van der Waals surface area contributed by atoms with Gasteiger partial charge >= 0.3 is 0 Å². The van der Waals surface area contributed by atoms with Crippen LogP contribution in [0.2, 0.25) is 0 Å². The van der Waals surface area contributed by atoms with Crippen LogP contribution < -0.4 is 19.1 Å². The van der Waals surface area contributed by atoms with E-state index >= 15 is 0 Å². The van der Waals surface area contributed by atoms with E-state index in [2.05, 4.69) is 9.97 Å². The van der Waals surface area contributed by atoms with Crippen molar-refractivity contribution in [1.29, 1.82) is 0 Å². The van der Waals surface area contributed by atoms with Crippen LogP contribution in [0.4, 0.5) is 5.88 Å². The molecule has 0 atom stereocenters. The number of hydrogen-bond acceptors (Lipinski definition) is 8. The van der Waals surface area contributed by atoms with E-state index < -0.39 is 0 Å². The van der Waals surface area contributed by atoms with E-state index in [1.807, 2.05) is 60.4 Å². The van der Waals surface area contributed by atoms with Gasteiger partial charge in [0.2, 0.25) is 17.7 Å². The molecule has 186 valence electrons. The van der Waals surface area contributed by atoms with Gasteiger partial charge in [0.1, 0.15) is 11.5 Å². The number of hydrogen-bond donors (Lipinski definition) is 0. The maximum Gasteiger partial charge on any atom is 0.229 e.